The number of aromatic nitrogens is 1. The zero-order chi connectivity index (χ0) is 16.4. The van der Waals surface area contributed by atoms with Gasteiger partial charge in [0.1, 0.15) is 13.2 Å². The van der Waals surface area contributed by atoms with Gasteiger partial charge >= 0.3 is 0 Å². The minimum Gasteiger partial charge on any atom is -0.486 e. The Morgan fingerprint density at radius 2 is 1.91 bits per heavy atom. The van der Waals surface area contributed by atoms with Gasteiger partial charge in [-0.05, 0) is 24.6 Å². The van der Waals surface area contributed by atoms with Crippen molar-refractivity contribution in [1.82, 2.24) is 10.3 Å². The number of ether oxygens (including phenoxy) is 2. The summed E-state index contributed by atoms with van der Waals surface area (Å²) in [5.41, 5.74) is 2.26. The van der Waals surface area contributed by atoms with Crippen molar-refractivity contribution in [3.63, 3.8) is 0 Å². The molecule has 1 N–H and O–H groups in total. The van der Waals surface area contributed by atoms with E-state index < -0.39 is 0 Å². The zero-order valence-electron chi connectivity index (χ0n) is 13.6. The number of fused-ring (bicyclic) bond motifs is 1. The highest BCUT2D eigenvalue weighted by Crippen LogP contribution is 2.37. The highest BCUT2D eigenvalue weighted by Gasteiger charge is 2.18. The molecule has 1 atom stereocenters. The molecule has 6 heteroatoms. The van der Waals surface area contributed by atoms with Gasteiger partial charge in [0.15, 0.2) is 11.5 Å². The van der Waals surface area contributed by atoms with Gasteiger partial charge in [-0.15, -0.1) is 11.3 Å². The molecule has 0 spiro atoms. The molecule has 1 aromatic carbocycles. The van der Waals surface area contributed by atoms with Crippen LogP contribution in [0.1, 0.15) is 49.0 Å². The lowest BCUT2D eigenvalue weighted by Crippen LogP contribution is -2.20. The first kappa shape index (κ1) is 16.7. The summed E-state index contributed by atoms with van der Waals surface area (Å²) in [7, 11) is 0. The highest BCUT2D eigenvalue weighted by atomic mass is 79.9. The first-order valence-electron chi connectivity index (χ1n) is 7.81. The molecule has 1 aliphatic rings. The zero-order valence-corrected chi connectivity index (χ0v) is 16.0. The van der Waals surface area contributed by atoms with E-state index in [1.807, 2.05) is 6.07 Å². The van der Waals surface area contributed by atoms with Crippen LogP contribution in [0.15, 0.2) is 22.0 Å². The fourth-order valence-corrected chi connectivity index (χ4v) is 3.95. The molecule has 0 saturated heterocycles. The van der Waals surface area contributed by atoms with Crippen molar-refractivity contribution >= 4 is 27.3 Å². The van der Waals surface area contributed by atoms with Crippen molar-refractivity contribution in [2.45, 2.75) is 39.3 Å². The quantitative estimate of drug-likeness (QED) is 0.798. The summed E-state index contributed by atoms with van der Waals surface area (Å²) in [6.07, 6.45) is 0. The second kappa shape index (κ2) is 7.20. The lowest BCUT2D eigenvalue weighted by atomic mass is 10.1. The minimum absolute atomic E-state index is 0.185. The van der Waals surface area contributed by atoms with Crippen molar-refractivity contribution in [1.29, 1.82) is 0 Å². The second-order valence-electron chi connectivity index (χ2n) is 5.95. The molecular formula is C17H21BrN2O2S. The Balaban J connectivity index is 1.69. The van der Waals surface area contributed by atoms with Crippen LogP contribution in [-0.2, 0) is 6.54 Å². The molecular weight excluding hydrogens is 376 g/mol. The molecule has 4 nitrogen and oxygen atoms in total. The van der Waals surface area contributed by atoms with E-state index in [9.17, 15) is 0 Å². The van der Waals surface area contributed by atoms with Gasteiger partial charge in [0.05, 0.1) is 10.7 Å². The average Bonchev–Trinajstić information content (AvgIpc) is 3.01. The summed E-state index contributed by atoms with van der Waals surface area (Å²) >= 11 is 5.37. The van der Waals surface area contributed by atoms with Crippen LogP contribution in [0.25, 0.3) is 0 Å². The van der Waals surface area contributed by atoms with Crippen LogP contribution in [0, 0.1) is 0 Å². The number of hydrogen-bond donors (Lipinski definition) is 1. The van der Waals surface area contributed by atoms with Gasteiger partial charge in [-0.2, -0.15) is 0 Å². The maximum atomic E-state index is 5.68. The molecule has 2 heterocycles. The summed E-state index contributed by atoms with van der Waals surface area (Å²) in [5.74, 6) is 2.11. The number of halogens is 1. The van der Waals surface area contributed by atoms with Crippen molar-refractivity contribution in [2.75, 3.05) is 13.2 Å². The van der Waals surface area contributed by atoms with Crippen LogP contribution >= 0.6 is 27.3 Å². The maximum absolute atomic E-state index is 5.68. The predicted molar refractivity (Wildman–Crippen MR) is 96.6 cm³/mol. The number of rotatable bonds is 5. The van der Waals surface area contributed by atoms with Gasteiger partial charge in [-0.25, -0.2) is 4.98 Å². The number of hydrogen-bond acceptors (Lipinski definition) is 5. The highest BCUT2D eigenvalue weighted by molar-refractivity contribution is 9.10. The lowest BCUT2D eigenvalue weighted by molar-refractivity contribution is 0.171. The van der Waals surface area contributed by atoms with Crippen molar-refractivity contribution in [3.05, 3.63) is 38.3 Å². The first-order chi connectivity index (χ1) is 11.0. The average molecular weight is 397 g/mol. The van der Waals surface area contributed by atoms with E-state index in [-0.39, 0.29) is 6.04 Å². The second-order valence-corrected chi connectivity index (χ2v) is 7.70. The molecule has 1 unspecified atom stereocenters. The molecule has 0 amide bonds. The largest absolute Gasteiger partial charge is 0.486 e. The predicted octanol–water partition coefficient (Wildman–Crippen LogP) is 4.65. The Kier molecular flexibility index (Phi) is 5.24. The third-order valence-corrected chi connectivity index (χ3v) is 5.66. The van der Waals surface area contributed by atoms with Crippen LogP contribution in [-0.4, -0.2) is 18.2 Å². The van der Waals surface area contributed by atoms with Crippen molar-refractivity contribution < 1.29 is 9.47 Å². The van der Waals surface area contributed by atoms with Crippen LogP contribution < -0.4 is 14.8 Å². The smallest absolute Gasteiger partial charge is 0.162 e. The Morgan fingerprint density at radius 3 is 2.57 bits per heavy atom. The van der Waals surface area contributed by atoms with E-state index in [0.717, 1.165) is 33.8 Å². The fraction of sp³-hybridized carbons (Fsp3) is 0.471. The number of nitrogens with one attached hydrogen (secondary N) is 1. The molecule has 23 heavy (non-hydrogen) atoms. The molecule has 0 bridgehead atoms. The van der Waals surface area contributed by atoms with Gasteiger partial charge in [-0.1, -0.05) is 29.8 Å². The van der Waals surface area contributed by atoms with Gasteiger partial charge in [0.25, 0.3) is 0 Å². The van der Waals surface area contributed by atoms with E-state index >= 15 is 0 Å². The van der Waals surface area contributed by atoms with E-state index in [1.54, 1.807) is 11.3 Å². The summed E-state index contributed by atoms with van der Waals surface area (Å²) in [4.78, 5) is 4.67. The molecule has 0 radical (unpaired) electrons. The molecule has 0 fully saturated rings. The number of thiazole rings is 1. The Hall–Kier alpha value is -1.11. The standard InChI is InChI=1S/C17H21BrN2O2S/c1-10(2)17-20-12(9-23-17)8-19-11(3)13-6-15-16(7-14(13)18)22-5-4-21-15/h6-7,9-11,19H,4-5,8H2,1-3H3. The first-order valence-corrected chi connectivity index (χ1v) is 9.48. The third-order valence-electron chi connectivity index (χ3n) is 3.78. The summed E-state index contributed by atoms with van der Waals surface area (Å²) in [6, 6.07) is 4.22. The van der Waals surface area contributed by atoms with E-state index in [2.05, 4.69) is 58.4 Å². The van der Waals surface area contributed by atoms with Gasteiger partial charge in [0.2, 0.25) is 0 Å². The van der Waals surface area contributed by atoms with Crippen LogP contribution in [0.5, 0.6) is 11.5 Å². The molecule has 1 aromatic heterocycles. The van der Waals surface area contributed by atoms with E-state index in [1.165, 1.54) is 5.01 Å². The topological polar surface area (TPSA) is 43.4 Å². The molecule has 2 aromatic rings. The maximum Gasteiger partial charge on any atom is 0.162 e. The van der Waals surface area contributed by atoms with Gasteiger partial charge in [-0.3, -0.25) is 0 Å². The van der Waals surface area contributed by atoms with Crippen molar-refractivity contribution in [3.8, 4) is 11.5 Å². The normalized spacial score (nSPS) is 15.0. The molecule has 1 aliphatic heterocycles. The van der Waals surface area contributed by atoms with Crippen LogP contribution in [0.2, 0.25) is 0 Å². The Labute approximate surface area is 149 Å². The molecule has 0 aliphatic carbocycles. The summed E-state index contributed by atoms with van der Waals surface area (Å²) in [6.45, 7) is 8.45. The summed E-state index contributed by atoms with van der Waals surface area (Å²) < 4.78 is 12.3. The number of nitrogens with zero attached hydrogens (tertiary/aromatic N) is 1. The molecule has 3 rings (SSSR count). The molecule has 124 valence electrons. The third kappa shape index (κ3) is 3.87. The lowest BCUT2D eigenvalue weighted by Gasteiger charge is -2.22. The van der Waals surface area contributed by atoms with Gasteiger partial charge < -0.3 is 14.8 Å². The monoisotopic (exact) mass is 396 g/mol. The molecule has 0 saturated carbocycles. The minimum atomic E-state index is 0.185. The Bertz CT molecular complexity index is 687. The SMILES string of the molecule is CC(C)c1nc(CNC(C)c2cc3c(cc2Br)OCCO3)cs1. The van der Waals surface area contributed by atoms with E-state index in [0.29, 0.717) is 19.1 Å². The Morgan fingerprint density at radius 1 is 1.22 bits per heavy atom. The van der Waals surface area contributed by atoms with Gasteiger partial charge in [0, 0.05) is 28.4 Å². The number of benzene rings is 1. The van der Waals surface area contributed by atoms with E-state index in [4.69, 9.17) is 9.47 Å². The van der Waals surface area contributed by atoms with Crippen molar-refractivity contribution in [2.24, 2.45) is 0 Å². The summed E-state index contributed by atoms with van der Waals surface area (Å²) in [5, 5.41) is 6.86. The van der Waals surface area contributed by atoms with Crippen LogP contribution in [0.4, 0.5) is 0 Å². The fourth-order valence-electron chi connectivity index (χ4n) is 2.45. The van der Waals surface area contributed by atoms with Crippen LogP contribution in [0.3, 0.4) is 0 Å².